The zero-order chi connectivity index (χ0) is 9.68. The molecule has 0 aliphatic carbocycles. The molecule has 0 heterocycles. The second-order valence-electron chi connectivity index (χ2n) is 2.98. The Morgan fingerprint density at radius 3 is 3.00 bits per heavy atom. The SMILES string of the molecule is CC(CNC=O)c1cccc(Br)c1. The number of amides is 1. The summed E-state index contributed by atoms with van der Waals surface area (Å²) >= 11 is 3.41. The molecule has 13 heavy (non-hydrogen) atoms. The molecule has 1 amide bonds. The van der Waals surface area contributed by atoms with Crippen molar-refractivity contribution >= 4 is 22.3 Å². The van der Waals surface area contributed by atoms with Gasteiger partial charge in [0, 0.05) is 11.0 Å². The van der Waals surface area contributed by atoms with Crippen LogP contribution < -0.4 is 5.32 Å². The molecular formula is C10H12BrNO. The van der Waals surface area contributed by atoms with Crippen molar-refractivity contribution in [2.24, 2.45) is 0 Å². The van der Waals surface area contributed by atoms with E-state index in [0.717, 1.165) is 10.9 Å². The summed E-state index contributed by atoms with van der Waals surface area (Å²) in [4.78, 5) is 10.1. The Morgan fingerprint density at radius 2 is 2.38 bits per heavy atom. The lowest BCUT2D eigenvalue weighted by Crippen LogP contribution is -2.17. The van der Waals surface area contributed by atoms with Crippen molar-refractivity contribution in [3.05, 3.63) is 34.3 Å². The van der Waals surface area contributed by atoms with Gasteiger partial charge in [0.1, 0.15) is 0 Å². The van der Waals surface area contributed by atoms with Crippen molar-refractivity contribution in [2.75, 3.05) is 6.54 Å². The first-order chi connectivity index (χ1) is 6.24. The number of rotatable bonds is 4. The number of benzene rings is 1. The summed E-state index contributed by atoms with van der Waals surface area (Å²) in [5, 5.41) is 2.67. The van der Waals surface area contributed by atoms with Crippen LogP contribution in [0.15, 0.2) is 28.7 Å². The van der Waals surface area contributed by atoms with E-state index in [1.54, 1.807) is 0 Å². The summed E-state index contributed by atoms with van der Waals surface area (Å²) in [6, 6.07) is 8.11. The number of nitrogens with one attached hydrogen (secondary N) is 1. The van der Waals surface area contributed by atoms with Crippen LogP contribution >= 0.6 is 15.9 Å². The molecule has 0 saturated heterocycles. The van der Waals surface area contributed by atoms with Crippen molar-refractivity contribution in [3.63, 3.8) is 0 Å². The highest BCUT2D eigenvalue weighted by Gasteiger charge is 2.03. The first-order valence-electron chi connectivity index (χ1n) is 4.16. The van der Waals surface area contributed by atoms with Gasteiger partial charge in [-0.1, -0.05) is 35.0 Å². The van der Waals surface area contributed by atoms with E-state index in [0.29, 0.717) is 12.5 Å². The van der Waals surface area contributed by atoms with Crippen LogP contribution in [0, 0.1) is 0 Å². The molecule has 0 spiro atoms. The summed E-state index contributed by atoms with van der Waals surface area (Å²) in [5.41, 5.74) is 1.23. The quantitative estimate of drug-likeness (QED) is 0.806. The van der Waals surface area contributed by atoms with Crippen LogP contribution in [0.4, 0.5) is 0 Å². The Hall–Kier alpha value is -0.830. The highest BCUT2D eigenvalue weighted by Crippen LogP contribution is 2.18. The summed E-state index contributed by atoms with van der Waals surface area (Å²) < 4.78 is 1.07. The van der Waals surface area contributed by atoms with Crippen LogP contribution in [0.1, 0.15) is 18.4 Å². The fourth-order valence-corrected chi connectivity index (χ4v) is 1.57. The van der Waals surface area contributed by atoms with Gasteiger partial charge in [-0.05, 0) is 23.6 Å². The molecule has 0 radical (unpaired) electrons. The van der Waals surface area contributed by atoms with Gasteiger partial charge in [0.15, 0.2) is 0 Å². The maximum atomic E-state index is 10.1. The van der Waals surface area contributed by atoms with Gasteiger partial charge in [-0.3, -0.25) is 4.79 Å². The van der Waals surface area contributed by atoms with E-state index < -0.39 is 0 Å². The Morgan fingerprint density at radius 1 is 1.62 bits per heavy atom. The number of carbonyl (C=O) groups is 1. The highest BCUT2D eigenvalue weighted by atomic mass is 79.9. The van der Waals surface area contributed by atoms with E-state index in [1.807, 2.05) is 12.1 Å². The molecule has 70 valence electrons. The molecule has 0 aliphatic heterocycles. The van der Waals surface area contributed by atoms with E-state index in [9.17, 15) is 4.79 Å². The third kappa shape index (κ3) is 3.19. The summed E-state index contributed by atoms with van der Waals surface area (Å²) in [7, 11) is 0. The minimum atomic E-state index is 0.350. The first-order valence-corrected chi connectivity index (χ1v) is 4.96. The summed E-state index contributed by atoms with van der Waals surface area (Å²) in [6.45, 7) is 2.76. The predicted molar refractivity (Wildman–Crippen MR) is 56.6 cm³/mol. The van der Waals surface area contributed by atoms with Gasteiger partial charge in [0.2, 0.25) is 6.41 Å². The van der Waals surface area contributed by atoms with Crippen molar-refractivity contribution in [2.45, 2.75) is 12.8 Å². The molecular weight excluding hydrogens is 230 g/mol. The highest BCUT2D eigenvalue weighted by molar-refractivity contribution is 9.10. The van der Waals surface area contributed by atoms with Crippen LogP contribution in [0.25, 0.3) is 0 Å². The van der Waals surface area contributed by atoms with E-state index in [2.05, 4.69) is 40.3 Å². The monoisotopic (exact) mass is 241 g/mol. The molecule has 3 heteroatoms. The lowest BCUT2D eigenvalue weighted by molar-refractivity contribution is -0.109. The minimum absolute atomic E-state index is 0.350. The van der Waals surface area contributed by atoms with Crippen LogP contribution in [0.5, 0.6) is 0 Å². The fraction of sp³-hybridized carbons (Fsp3) is 0.300. The van der Waals surface area contributed by atoms with Crippen LogP contribution in [-0.4, -0.2) is 13.0 Å². The Labute approximate surface area is 86.5 Å². The second-order valence-corrected chi connectivity index (χ2v) is 3.90. The van der Waals surface area contributed by atoms with Gasteiger partial charge in [-0.25, -0.2) is 0 Å². The zero-order valence-electron chi connectivity index (χ0n) is 7.46. The standard InChI is InChI=1S/C10H12BrNO/c1-8(6-12-7-13)9-3-2-4-10(11)5-9/h2-5,7-8H,6H2,1H3,(H,12,13). The number of hydrogen-bond acceptors (Lipinski definition) is 1. The molecule has 0 bridgehead atoms. The van der Waals surface area contributed by atoms with Crippen molar-refractivity contribution in [1.82, 2.24) is 5.32 Å². The van der Waals surface area contributed by atoms with Gasteiger partial charge < -0.3 is 5.32 Å². The van der Waals surface area contributed by atoms with Crippen molar-refractivity contribution < 1.29 is 4.79 Å². The van der Waals surface area contributed by atoms with Crippen LogP contribution in [0.3, 0.4) is 0 Å². The largest absolute Gasteiger partial charge is 0.358 e. The van der Waals surface area contributed by atoms with Gasteiger partial charge in [0.25, 0.3) is 0 Å². The average Bonchev–Trinajstić information content (AvgIpc) is 2.14. The topological polar surface area (TPSA) is 29.1 Å². The van der Waals surface area contributed by atoms with Crippen LogP contribution in [-0.2, 0) is 4.79 Å². The number of hydrogen-bond donors (Lipinski definition) is 1. The van der Waals surface area contributed by atoms with Crippen molar-refractivity contribution in [3.8, 4) is 0 Å². The maximum absolute atomic E-state index is 10.1. The van der Waals surface area contributed by atoms with Gasteiger partial charge in [-0.15, -0.1) is 0 Å². The van der Waals surface area contributed by atoms with E-state index in [1.165, 1.54) is 5.56 Å². The molecule has 1 rings (SSSR count). The van der Waals surface area contributed by atoms with Crippen molar-refractivity contribution in [1.29, 1.82) is 0 Å². The molecule has 1 atom stereocenters. The summed E-state index contributed by atoms with van der Waals surface area (Å²) in [6.07, 6.45) is 0.731. The molecule has 0 saturated carbocycles. The normalized spacial score (nSPS) is 12.2. The molecule has 1 aromatic carbocycles. The van der Waals surface area contributed by atoms with E-state index >= 15 is 0 Å². The maximum Gasteiger partial charge on any atom is 0.207 e. The number of carbonyl (C=O) groups excluding carboxylic acids is 1. The van der Waals surface area contributed by atoms with Crippen LogP contribution in [0.2, 0.25) is 0 Å². The minimum Gasteiger partial charge on any atom is -0.358 e. The van der Waals surface area contributed by atoms with Gasteiger partial charge >= 0.3 is 0 Å². The lowest BCUT2D eigenvalue weighted by atomic mass is 10.0. The van der Waals surface area contributed by atoms with E-state index in [4.69, 9.17) is 0 Å². The molecule has 1 aromatic rings. The second kappa shape index (κ2) is 5.02. The fourth-order valence-electron chi connectivity index (χ4n) is 1.16. The van der Waals surface area contributed by atoms with Gasteiger partial charge in [-0.2, -0.15) is 0 Å². The molecule has 2 nitrogen and oxygen atoms in total. The zero-order valence-corrected chi connectivity index (χ0v) is 9.04. The molecule has 0 aromatic heterocycles. The Bertz CT molecular complexity index is 288. The first kappa shape index (κ1) is 10.3. The molecule has 0 fully saturated rings. The number of halogens is 1. The smallest absolute Gasteiger partial charge is 0.207 e. The Balaban J connectivity index is 2.65. The Kier molecular flexibility index (Phi) is 3.96. The molecule has 1 unspecified atom stereocenters. The summed E-state index contributed by atoms with van der Waals surface area (Å²) in [5.74, 6) is 0.350. The third-order valence-corrected chi connectivity index (χ3v) is 2.42. The van der Waals surface area contributed by atoms with E-state index in [-0.39, 0.29) is 0 Å². The predicted octanol–water partition coefficient (Wildman–Crippen LogP) is 2.30. The lowest BCUT2D eigenvalue weighted by Gasteiger charge is -2.10. The third-order valence-electron chi connectivity index (χ3n) is 1.93. The average molecular weight is 242 g/mol. The van der Waals surface area contributed by atoms with Gasteiger partial charge in [0.05, 0.1) is 0 Å². The molecule has 1 N–H and O–H groups in total. The molecule has 0 aliphatic rings.